The van der Waals surface area contributed by atoms with Crippen molar-refractivity contribution in [2.75, 3.05) is 23.8 Å². The Morgan fingerprint density at radius 1 is 1.02 bits per heavy atom. The molecule has 0 spiro atoms. The number of pyridine rings is 2. The first-order valence-electron chi connectivity index (χ1n) is 11.7. The second-order valence-corrected chi connectivity index (χ2v) is 10.2. The highest BCUT2D eigenvalue weighted by Crippen LogP contribution is 2.38. The van der Waals surface area contributed by atoms with Crippen LogP contribution in [0.4, 0.5) is 21.5 Å². The molecule has 2 aromatic carbocycles. The normalized spacial score (nSPS) is 13.5. The van der Waals surface area contributed by atoms with Crippen LogP contribution in [-0.4, -0.2) is 33.2 Å². The summed E-state index contributed by atoms with van der Waals surface area (Å²) in [5.41, 5.74) is 9.44. The molecule has 5 rings (SSSR count). The number of aliphatic hydroxyl groups excluding tert-OH is 1. The zero-order chi connectivity index (χ0) is 28.4. The van der Waals surface area contributed by atoms with Gasteiger partial charge in [0.2, 0.25) is 0 Å². The lowest BCUT2D eigenvalue weighted by Crippen LogP contribution is -2.38. The minimum absolute atomic E-state index is 0.0661. The van der Waals surface area contributed by atoms with E-state index < -0.39 is 11.9 Å². The molecule has 14 heteroatoms. The number of nitrogens with one attached hydrogen (secondary N) is 4. The summed E-state index contributed by atoms with van der Waals surface area (Å²) in [6.45, 7) is 0.270. The molecule has 1 atom stereocenters. The van der Waals surface area contributed by atoms with Gasteiger partial charge in [-0.3, -0.25) is 9.99 Å². The Labute approximate surface area is 248 Å². The summed E-state index contributed by atoms with van der Waals surface area (Å²) in [5, 5.41) is 28.8. The van der Waals surface area contributed by atoms with Crippen LogP contribution in [0.5, 0.6) is 0 Å². The van der Waals surface area contributed by atoms with Crippen LogP contribution in [0, 0.1) is 17.1 Å². The second-order valence-electron chi connectivity index (χ2n) is 8.61. The Hall–Kier alpha value is -3.56. The number of hydrogen-bond acceptors (Lipinski definition) is 9. The van der Waals surface area contributed by atoms with E-state index in [2.05, 4.69) is 37.6 Å². The van der Waals surface area contributed by atoms with Crippen molar-refractivity contribution in [3.63, 3.8) is 0 Å². The van der Waals surface area contributed by atoms with E-state index in [1.54, 1.807) is 29.5 Å². The maximum atomic E-state index is 13.8. The second kappa shape index (κ2) is 11.9. The summed E-state index contributed by atoms with van der Waals surface area (Å²) in [7, 11) is 0. The van der Waals surface area contributed by atoms with E-state index in [1.165, 1.54) is 30.5 Å². The van der Waals surface area contributed by atoms with E-state index in [9.17, 15) is 14.8 Å². The first-order chi connectivity index (χ1) is 19.3. The molecule has 0 bridgehead atoms. The topological polar surface area (TPSA) is 121 Å². The Balaban J connectivity index is 1.60. The largest absolute Gasteiger partial charge is 0.394 e. The molecule has 204 valence electrons. The van der Waals surface area contributed by atoms with Crippen LogP contribution in [0.25, 0.3) is 10.9 Å². The van der Waals surface area contributed by atoms with Gasteiger partial charge in [0.05, 0.1) is 56.7 Å². The summed E-state index contributed by atoms with van der Waals surface area (Å²) in [5.74, 6) is -0.565. The van der Waals surface area contributed by atoms with Crippen molar-refractivity contribution < 1.29 is 9.50 Å². The molecule has 4 aromatic rings. The number of hydrogen-bond donors (Lipinski definition) is 5. The van der Waals surface area contributed by atoms with Crippen LogP contribution in [0.2, 0.25) is 20.2 Å². The number of β-amino-alcohol motifs (C(OH)–C–C–N with tert-alkyl or cyclic N) is 1. The van der Waals surface area contributed by atoms with Crippen LogP contribution in [0.3, 0.4) is 0 Å². The third-order valence-electron chi connectivity index (χ3n) is 6.00. The average molecular weight is 620 g/mol. The highest BCUT2D eigenvalue weighted by molar-refractivity contribution is 6.36. The van der Waals surface area contributed by atoms with Gasteiger partial charge in [-0.2, -0.15) is 5.26 Å². The van der Waals surface area contributed by atoms with E-state index in [0.29, 0.717) is 55.8 Å². The zero-order valence-electron chi connectivity index (χ0n) is 20.3. The number of benzene rings is 2. The van der Waals surface area contributed by atoms with Crippen LogP contribution >= 0.6 is 46.4 Å². The van der Waals surface area contributed by atoms with Gasteiger partial charge in [0, 0.05) is 40.9 Å². The predicted octanol–water partition coefficient (Wildman–Crippen LogP) is 6.31. The molecule has 9 nitrogen and oxygen atoms in total. The Kier molecular flexibility index (Phi) is 8.32. The monoisotopic (exact) mass is 618 g/mol. The summed E-state index contributed by atoms with van der Waals surface area (Å²) >= 11 is 25.2. The van der Waals surface area contributed by atoms with Crippen molar-refractivity contribution in [2.45, 2.75) is 6.04 Å². The van der Waals surface area contributed by atoms with E-state index in [0.717, 1.165) is 0 Å². The number of halogens is 5. The minimum Gasteiger partial charge on any atom is -0.394 e. The van der Waals surface area contributed by atoms with Crippen LogP contribution in [-0.2, 0) is 0 Å². The summed E-state index contributed by atoms with van der Waals surface area (Å²) < 4.78 is 13.8. The van der Waals surface area contributed by atoms with Gasteiger partial charge in [-0.1, -0.05) is 46.4 Å². The Morgan fingerprint density at radius 3 is 2.55 bits per heavy atom. The third-order valence-corrected chi connectivity index (χ3v) is 7.11. The fraction of sp³-hybridized carbons (Fsp3) is 0.115. The Morgan fingerprint density at radius 2 is 1.82 bits per heavy atom. The van der Waals surface area contributed by atoms with Gasteiger partial charge < -0.3 is 21.2 Å². The van der Waals surface area contributed by atoms with Gasteiger partial charge in [0.1, 0.15) is 17.0 Å². The number of hydrazine groups is 2. The fourth-order valence-electron chi connectivity index (χ4n) is 4.14. The molecule has 40 heavy (non-hydrogen) atoms. The van der Waals surface area contributed by atoms with Gasteiger partial charge in [0.25, 0.3) is 0 Å². The van der Waals surface area contributed by atoms with Gasteiger partial charge in [-0.25, -0.2) is 9.37 Å². The lowest BCUT2D eigenvalue weighted by atomic mass is 10.0. The molecule has 2 aromatic heterocycles. The summed E-state index contributed by atoms with van der Waals surface area (Å²) in [4.78, 5) is 8.56. The van der Waals surface area contributed by atoms with Crippen molar-refractivity contribution in [1.29, 1.82) is 5.26 Å². The van der Waals surface area contributed by atoms with E-state index in [1.807, 2.05) is 0 Å². The maximum Gasteiger partial charge on any atom is 0.141 e. The van der Waals surface area contributed by atoms with Crippen LogP contribution < -0.4 is 21.6 Å². The number of nitrogens with zero attached hydrogens (tertiary/aromatic N) is 4. The van der Waals surface area contributed by atoms with Crippen molar-refractivity contribution in [1.82, 2.24) is 25.9 Å². The zero-order valence-corrected chi connectivity index (χ0v) is 23.3. The molecule has 5 N–H and O–H groups in total. The van der Waals surface area contributed by atoms with Crippen molar-refractivity contribution in [2.24, 2.45) is 0 Å². The lowest BCUT2D eigenvalue weighted by Gasteiger charge is -2.23. The molecule has 0 unspecified atom stereocenters. The Bertz CT molecular complexity index is 1680. The minimum atomic E-state index is -0.568. The lowest BCUT2D eigenvalue weighted by molar-refractivity contribution is 0.195. The standard InChI is InChI=1S/C26H19Cl4FN8O/c27-18-8-23(30)33-11-17(18)26(22-12-39(3-4-40)38-37-22)36-15-5-16-24(35-14-1-2-21(31)19(28)6-14)13(9-32)10-34-25(16)20(29)7-15/h1-2,5-8,10-12,26,36-38,40H,3-4H2,(H,34,35)/t26-/m0/s1. The first kappa shape index (κ1) is 28.0. The molecule has 0 fully saturated rings. The third kappa shape index (κ3) is 5.81. The molecule has 0 saturated carbocycles. The van der Waals surface area contributed by atoms with Gasteiger partial charge in [-0.05, 0) is 36.4 Å². The highest BCUT2D eigenvalue weighted by atomic mass is 35.5. The van der Waals surface area contributed by atoms with Gasteiger partial charge >= 0.3 is 0 Å². The quantitative estimate of drug-likeness (QED) is 0.144. The highest BCUT2D eigenvalue weighted by Gasteiger charge is 2.25. The van der Waals surface area contributed by atoms with Crippen LogP contribution in [0.1, 0.15) is 17.2 Å². The van der Waals surface area contributed by atoms with E-state index in [-0.39, 0.29) is 22.3 Å². The van der Waals surface area contributed by atoms with Gasteiger partial charge in [0.15, 0.2) is 0 Å². The number of nitriles is 1. The molecule has 0 radical (unpaired) electrons. The van der Waals surface area contributed by atoms with Crippen LogP contribution in [0.15, 0.2) is 60.7 Å². The summed E-state index contributed by atoms with van der Waals surface area (Å²) in [6, 6.07) is 10.7. The molecular formula is C26H19Cl4FN8O. The van der Waals surface area contributed by atoms with E-state index >= 15 is 0 Å². The SMILES string of the molecule is N#Cc1cnc2c(Cl)cc(N[C@H](C3=CN(CCO)NN3)c3cnc(Cl)cc3Cl)cc2c1Nc1ccc(F)c(Cl)c1. The molecule has 0 aliphatic carbocycles. The predicted molar refractivity (Wildman–Crippen MR) is 155 cm³/mol. The van der Waals surface area contributed by atoms with Crippen molar-refractivity contribution in [3.8, 4) is 6.07 Å². The number of fused-ring (bicyclic) bond motifs is 1. The molecule has 0 saturated heterocycles. The molecule has 1 aliphatic heterocycles. The maximum absolute atomic E-state index is 13.8. The fourth-order valence-corrected chi connectivity index (χ4v) is 5.07. The van der Waals surface area contributed by atoms with Crippen molar-refractivity contribution >= 4 is 74.4 Å². The first-order valence-corrected chi connectivity index (χ1v) is 13.2. The molecule has 3 heterocycles. The average Bonchev–Trinajstić information content (AvgIpc) is 3.39. The number of aliphatic hydroxyl groups is 1. The smallest absolute Gasteiger partial charge is 0.141 e. The molecule has 0 amide bonds. The van der Waals surface area contributed by atoms with Crippen molar-refractivity contribution in [3.05, 3.63) is 97.9 Å². The van der Waals surface area contributed by atoms with Gasteiger partial charge in [-0.15, -0.1) is 5.53 Å². The number of aromatic nitrogens is 2. The van der Waals surface area contributed by atoms with E-state index in [4.69, 9.17) is 46.4 Å². The number of anilines is 3. The molecular weight excluding hydrogens is 601 g/mol. The number of rotatable bonds is 8. The summed E-state index contributed by atoms with van der Waals surface area (Å²) in [6.07, 6.45) is 4.75. The molecule has 1 aliphatic rings.